The van der Waals surface area contributed by atoms with Crippen molar-refractivity contribution in [3.05, 3.63) is 35.1 Å². The van der Waals surface area contributed by atoms with Crippen molar-refractivity contribution in [1.29, 1.82) is 0 Å². The first-order chi connectivity index (χ1) is 5.65. The van der Waals surface area contributed by atoms with E-state index < -0.39 is 6.10 Å². The highest BCUT2D eigenvalue weighted by Crippen LogP contribution is 2.18. The molecular formula is C10H13FO. The van der Waals surface area contributed by atoms with Crippen LogP contribution in [0.3, 0.4) is 0 Å². The molecule has 1 atom stereocenters. The van der Waals surface area contributed by atoms with Crippen LogP contribution in [0.25, 0.3) is 0 Å². The van der Waals surface area contributed by atoms with Gasteiger partial charge in [-0.15, -0.1) is 0 Å². The minimum atomic E-state index is -0.542. The Morgan fingerprint density at radius 2 is 2.17 bits per heavy atom. The summed E-state index contributed by atoms with van der Waals surface area (Å²) >= 11 is 0. The summed E-state index contributed by atoms with van der Waals surface area (Å²) in [5, 5.41) is 9.38. The van der Waals surface area contributed by atoms with Gasteiger partial charge in [0, 0.05) is 0 Å². The molecule has 0 saturated carbocycles. The van der Waals surface area contributed by atoms with E-state index >= 15 is 0 Å². The first-order valence-electron chi connectivity index (χ1n) is 4.09. The number of hydrogen-bond donors (Lipinski definition) is 1. The minimum absolute atomic E-state index is 0.250. The van der Waals surface area contributed by atoms with E-state index in [1.165, 1.54) is 6.07 Å². The van der Waals surface area contributed by atoms with Crippen LogP contribution in [0.5, 0.6) is 0 Å². The molecule has 0 spiro atoms. The fourth-order valence-electron chi connectivity index (χ4n) is 1.05. The van der Waals surface area contributed by atoms with Gasteiger partial charge in [-0.3, -0.25) is 0 Å². The Hall–Kier alpha value is -0.890. The van der Waals surface area contributed by atoms with Gasteiger partial charge in [-0.2, -0.15) is 0 Å². The summed E-state index contributed by atoms with van der Waals surface area (Å²) in [5.74, 6) is -0.250. The van der Waals surface area contributed by atoms with Crippen molar-refractivity contribution in [2.75, 3.05) is 0 Å². The van der Waals surface area contributed by atoms with Crippen LogP contribution in [0.4, 0.5) is 4.39 Å². The van der Waals surface area contributed by atoms with E-state index in [4.69, 9.17) is 0 Å². The molecule has 0 aliphatic heterocycles. The molecule has 1 aromatic carbocycles. The highest BCUT2D eigenvalue weighted by Gasteiger charge is 2.06. The minimum Gasteiger partial charge on any atom is -0.388 e. The third kappa shape index (κ3) is 1.83. The van der Waals surface area contributed by atoms with E-state index in [2.05, 4.69) is 0 Å². The molecular weight excluding hydrogens is 155 g/mol. The van der Waals surface area contributed by atoms with E-state index in [0.717, 1.165) is 0 Å². The third-order valence-electron chi connectivity index (χ3n) is 1.97. The molecule has 0 unspecified atom stereocenters. The van der Waals surface area contributed by atoms with Crippen molar-refractivity contribution >= 4 is 0 Å². The second kappa shape index (κ2) is 3.68. The van der Waals surface area contributed by atoms with E-state index in [0.29, 0.717) is 17.5 Å². The molecule has 0 aliphatic rings. The van der Waals surface area contributed by atoms with E-state index in [1.54, 1.807) is 19.1 Å². The zero-order valence-electron chi connectivity index (χ0n) is 7.34. The summed E-state index contributed by atoms with van der Waals surface area (Å²) in [6, 6.07) is 4.83. The standard InChI is InChI=1S/C10H13FO/c1-3-10(12)8-5-4-7(2)9(11)6-8/h4-6,10,12H,3H2,1-2H3/t10-/m1/s1. The highest BCUT2D eigenvalue weighted by molar-refractivity contribution is 5.24. The molecule has 1 N–H and O–H groups in total. The molecule has 2 heteroatoms. The summed E-state index contributed by atoms with van der Waals surface area (Å²) in [4.78, 5) is 0. The van der Waals surface area contributed by atoms with Gasteiger partial charge in [-0.25, -0.2) is 4.39 Å². The Kier molecular flexibility index (Phi) is 2.82. The Labute approximate surface area is 71.9 Å². The quantitative estimate of drug-likeness (QED) is 0.719. The first kappa shape index (κ1) is 9.20. The maximum atomic E-state index is 13.0. The molecule has 0 aliphatic carbocycles. The van der Waals surface area contributed by atoms with Crippen LogP contribution in [0, 0.1) is 12.7 Å². The number of aliphatic hydroxyl groups is 1. The van der Waals surface area contributed by atoms with Gasteiger partial charge >= 0.3 is 0 Å². The average Bonchev–Trinajstić information content (AvgIpc) is 2.08. The van der Waals surface area contributed by atoms with Gasteiger partial charge in [0.25, 0.3) is 0 Å². The predicted molar refractivity (Wildman–Crippen MR) is 46.4 cm³/mol. The zero-order chi connectivity index (χ0) is 9.14. The largest absolute Gasteiger partial charge is 0.388 e. The number of aliphatic hydroxyl groups excluding tert-OH is 1. The lowest BCUT2D eigenvalue weighted by Crippen LogP contribution is -1.96. The van der Waals surface area contributed by atoms with Crippen LogP contribution < -0.4 is 0 Å². The average molecular weight is 168 g/mol. The van der Waals surface area contributed by atoms with Crippen molar-refractivity contribution in [2.24, 2.45) is 0 Å². The van der Waals surface area contributed by atoms with Crippen molar-refractivity contribution in [2.45, 2.75) is 26.4 Å². The van der Waals surface area contributed by atoms with Crippen LogP contribution in [0.1, 0.15) is 30.6 Å². The van der Waals surface area contributed by atoms with E-state index in [-0.39, 0.29) is 5.82 Å². The molecule has 0 fully saturated rings. The predicted octanol–water partition coefficient (Wildman–Crippen LogP) is 2.58. The van der Waals surface area contributed by atoms with Crippen molar-refractivity contribution in [3.8, 4) is 0 Å². The summed E-state index contributed by atoms with van der Waals surface area (Å²) < 4.78 is 13.0. The molecule has 1 aromatic rings. The van der Waals surface area contributed by atoms with Crippen molar-refractivity contribution < 1.29 is 9.50 Å². The molecule has 0 aromatic heterocycles. The molecule has 0 saturated heterocycles. The van der Waals surface area contributed by atoms with Crippen LogP contribution >= 0.6 is 0 Å². The molecule has 12 heavy (non-hydrogen) atoms. The number of aryl methyl sites for hydroxylation is 1. The van der Waals surface area contributed by atoms with Crippen LogP contribution in [0.15, 0.2) is 18.2 Å². The molecule has 0 bridgehead atoms. The summed E-state index contributed by atoms with van der Waals surface area (Å²) in [6.07, 6.45) is 0.0720. The Bertz CT molecular complexity index is 271. The molecule has 1 nitrogen and oxygen atoms in total. The molecule has 0 amide bonds. The molecule has 0 radical (unpaired) electrons. The van der Waals surface area contributed by atoms with E-state index in [9.17, 15) is 9.50 Å². The first-order valence-corrected chi connectivity index (χ1v) is 4.09. The maximum absolute atomic E-state index is 13.0. The number of hydrogen-bond acceptors (Lipinski definition) is 1. The lowest BCUT2D eigenvalue weighted by molar-refractivity contribution is 0.173. The fourth-order valence-corrected chi connectivity index (χ4v) is 1.05. The van der Waals surface area contributed by atoms with Crippen LogP contribution in [0.2, 0.25) is 0 Å². The maximum Gasteiger partial charge on any atom is 0.126 e. The SMILES string of the molecule is CC[C@@H](O)c1ccc(C)c(F)c1. The van der Waals surface area contributed by atoms with Gasteiger partial charge in [0.1, 0.15) is 5.82 Å². The smallest absolute Gasteiger partial charge is 0.126 e. The van der Waals surface area contributed by atoms with Gasteiger partial charge in [0.2, 0.25) is 0 Å². The number of benzene rings is 1. The summed E-state index contributed by atoms with van der Waals surface area (Å²) in [6.45, 7) is 3.57. The lowest BCUT2D eigenvalue weighted by atomic mass is 10.1. The Morgan fingerprint density at radius 3 is 2.67 bits per heavy atom. The lowest BCUT2D eigenvalue weighted by Gasteiger charge is -2.08. The van der Waals surface area contributed by atoms with Crippen LogP contribution in [-0.2, 0) is 0 Å². The zero-order valence-corrected chi connectivity index (χ0v) is 7.34. The van der Waals surface area contributed by atoms with Gasteiger partial charge in [0.05, 0.1) is 6.10 Å². The number of rotatable bonds is 2. The Balaban J connectivity index is 2.96. The summed E-state index contributed by atoms with van der Waals surface area (Å²) in [5.41, 5.74) is 1.27. The van der Waals surface area contributed by atoms with Gasteiger partial charge in [-0.1, -0.05) is 19.1 Å². The second-order valence-corrected chi connectivity index (χ2v) is 2.93. The van der Waals surface area contributed by atoms with Crippen LogP contribution in [-0.4, -0.2) is 5.11 Å². The monoisotopic (exact) mass is 168 g/mol. The third-order valence-corrected chi connectivity index (χ3v) is 1.97. The number of halogens is 1. The molecule has 0 heterocycles. The molecule has 1 rings (SSSR count). The normalized spacial score (nSPS) is 13.0. The van der Waals surface area contributed by atoms with E-state index in [1.807, 2.05) is 6.92 Å². The second-order valence-electron chi connectivity index (χ2n) is 2.93. The van der Waals surface area contributed by atoms with Gasteiger partial charge in [0.15, 0.2) is 0 Å². The summed E-state index contributed by atoms with van der Waals surface area (Å²) in [7, 11) is 0. The van der Waals surface area contributed by atoms with Gasteiger partial charge < -0.3 is 5.11 Å². The van der Waals surface area contributed by atoms with Crippen molar-refractivity contribution in [1.82, 2.24) is 0 Å². The van der Waals surface area contributed by atoms with Crippen molar-refractivity contribution in [3.63, 3.8) is 0 Å². The van der Waals surface area contributed by atoms with Gasteiger partial charge in [-0.05, 0) is 30.5 Å². The fraction of sp³-hybridized carbons (Fsp3) is 0.400. The Morgan fingerprint density at radius 1 is 1.50 bits per heavy atom. The highest BCUT2D eigenvalue weighted by atomic mass is 19.1. The molecule has 66 valence electrons. The topological polar surface area (TPSA) is 20.2 Å².